The van der Waals surface area contributed by atoms with E-state index in [0.717, 1.165) is 11.1 Å². The molecule has 0 fully saturated rings. The molecule has 0 bridgehead atoms. The van der Waals surface area contributed by atoms with Crippen molar-refractivity contribution in [3.63, 3.8) is 0 Å². The number of hydrogen-bond donors (Lipinski definition) is 0. The van der Waals surface area contributed by atoms with Crippen molar-refractivity contribution in [3.05, 3.63) is 34.3 Å². The SMILES string of the molecule is Cc1cccc(C(C)(C)C#N)c1Cl. The molecule has 1 rings (SSSR count). The molecule has 0 N–H and O–H groups in total. The fourth-order valence-electron chi connectivity index (χ4n) is 1.19. The quantitative estimate of drug-likeness (QED) is 0.670. The molecule has 0 aliphatic heterocycles. The Labute approximate surface area is 84.0 Å². The van der Waals surface area contributed by atoms with Gasteiger partial charge >= 0.3 is 0 Å². The summed E-state index contributed by atoms with van der Waals surface area (Å²) in [4.78, 5) is 0. The van der Waals surface area contributed by atoms with Gasteiger partial charge in [-0.1, -0.05) is 29.8 Å². The minimum atomic E-state index is -0.511. The maximum Gasteiger partial charge on any atom is 0.0780 e. The van der Waals surface area contributed by atoms with Crippen LogP contribution in [0.3, 0.4) is 0 Å². The highest BCUT2D eigenvalue weighted by atomic mass is 35.5. The third-order valence-corrected chi connectivity index (χ3v) is 2.65. The van der Waals surface area contributed by atoms with Crippen molar-refractivity contribution in [1.29, 1.82) is 5.26 Å². The lowest BCUT2D eigenvalue weighted by Crippen LogP contribution is -2.14. The molecule has 0 radical (unpaired) electrons. The highest BCUT2D eigenvalue weighted by Gasteiger charge is 2.22. The van der Waals surface area contributed by atoms with Crippen LogP contribution in [0.5, 0.6) is 0 Å². The Morgan fingerprint density at radius 1 is 1.38 bits per heavy atom. The van der Waals surface area contributed by atoms with E-state index >= 15 is 0 Å². The molecule has 0 spiro atoms. The molecule has 0 atom stereocenters. The van der Waals surface area contributed by atoms with Crippen molar-refractivity contribution >= 4 is 11.6 Å². The van der Waals surface area contributed by atoms with Crippen molar-refractivity contribution in [1.82, 2.24) is 0 Å². The Balaban J connectivity index is 3.33. The van der Waals surface area contributed by atoms with Crippen molar-refractivity contribution in [2.75, 3.05) is 0 Å². The van der Waals surface area contributed by atoms with Crippen molar-refractivity contribution in [2.24, 2.45) is 0 Å². The zero-order valence-corrected chi connectivity index (χ0v) is 8.81. The monoisotopic (exact) mass is 193 g/mol. The van der Waals surface area contributed by atoms with Gasteiger partial charge < -0.3 is 0 Å². The van der Waals surface area contributed by atoms with Gasteiger partial charge in [-0.3, -0.25) is 0 Å². The molecule has 68 valence electrons. The third kappa shape index (κ3) is 1.84. The lowest BCUT2D eigenvalue weighted by molar-refractivity contribution is 0.686. The number of nitriles is 1. The molecule has 2 heteroatoms. The Hall–Kier alpha value is -1.00. The molecule has 0 unspecified atom stereocenters. The van der Waals surface area contributed by atoms with E-state index in [0.29, 0.717) is 5.02 Å². The topological polar surface area (TPSA) is 23.8 Å². The van der Waals surface area contributed by atoms with E-state index in [1.807, 2.05) is 39.0 Å². The fourth-order valence-corrected chi connectivity index (χ4v) is 1.55. The van der Waals surface area contributed by atoms with Crippen LogP contribution in [0.15, 0.2) is 18.2 Å². The van der Waals surface area contributed by atoms with Crippen LogP contribution in [0.4, 0.5) is 0 Å². The van der Waals surface area contributed by atoms with Crippen molar-refractivity contribution in [3.8, 4) is 6.07 Å². The molecule has 0 amide bonds. The minimum Gasteiger partial charge on any atom is -0.197 e. The average Bonchev–Trinajstić information content (AvgIpc) is 2.09. The van der Waals surface area contributed by atoms with Crippen LogP contribution < -0.4 is 0 Å². The molecule has 0 saturated heterocycles. The van der Waals surface area contributed by atoms with E-state index in [4.69, 9.17) is 16.9 Å². The molecule has 1 nitrogen and oxygen atoms in total. The van der Waals surface area contributed by atoms with Gasteiger partial charge in [0.15, 0.2) is 0 Å². The van der Waals surface area contributed by atoms with E-state index in [2.05, 4.69) is 6.07 Å². The number of rotatable bonds is 1. The van der Waals surface area contributed by atoms with E-state index in [1.54, 1.807) is 0 Å². The largest absolute Gasteiger partial charge is 0.197 e. The van der Waals surface area contributed by atoms with Crippen LogP contribution in [0, 0.1) is 18.3 Å². The minimum absolute atomic E-state index is 0.511. The van der Waals surface area contributed by atoms with Gasteiger partial charge in [-0.25, -0.2) is 0 Å². The summed E-state index contributed by atoms with van der Waals surface area (Å²) in [5.74, 6) is 0. The van der Waals surface area contributed by atoms with Crippen LogP contribution in [0.25, 0.3) is 0 Å². The van der Waals surface area contributed by atoms with Crippen LogP contribution >= 0.6 is 11.6 Å². The Kier molecular flexibility index (Phi) is 2.63. The van der Waals surface area contributed by atoms with Crippen molar-refractivity contribution < 1.29 is 0 Å². The molecule has 0 heterocycles. The zero-order chi connectivity index (χ0) is 10.1. The predicted octanol–water partition coefficient (Wildman–Crippen LogP) is 3.45. The molecule has 1 aromatic rings. The number of nitrogens with zero attached hydrogens (tertiary/aromatic N) is 1. The van der Waals surface area contributed by atoms with Gasteiger partial charge in [0.25, 0.3) is 0 Å². The lowest BCUT2D eigenvalue weighted by Gasteiger charge is -2.18. The van der Waals surface area contributed by atoms with Gasteiger partial charge in [0.05, 0.1) is 11.5 Å². The van der Waals surface area contributed by atoms with E-state index in [-0.39, 0.29) is 0 Å². The summed E-state index contributed by atoms with van der Waals surface area (Å²) in [7, 11) is 0. The molecular weight excluding hydrogens is 182 g/mol. The molecule has 0 aromatic heterocycles. The summed E-state index contributed by atoms with van der Waals surface area (Å²) in [5, 5.41) is 9.66. The summed E-state index contributed by atoms with van der Waals surface area (Å²) >= 11 is 6.11. The normalized spacial score (nSPS) is 11.0. The van der Waals surface area contributed by atoms with E-state index in [1.165, 1.54) is 0 Å². The third-order valence-electron chi connectivity index (χ3n) is 2.14. The summed E-state index contributed by atoms with van der Waals surface area (Å²) in [5.41, 5.74) is 1.41. The predicted molar refractivity (Wildman–Crippen MR) is 54.8 cm³/mol. The zero-order valence-electron chi connectivity index (χ0n) is 8.06. The van der Waals surface area contributed by atoms with Crippen LogP contribution in [0.1, 0.15) is 25.0 Å². The Morgan fingerprint density at radius 3 is 2.54 bits per heavy atom. The molecule has 13 heavy (non-hydrogen) atoms. The highest BCUT2D eigenvalue weighted by molar-refractivity contribution is 6.32. The van der Waals surface area contributed by atoms with E-state index < -0.39 is 5.41 Å². The molecule has 0 aliphatic rings. The standard InChI is InChI=1S/C11H12ClN/c1-8-5-4-6-9(10(8)12)11(2,3)7-13/h4-6H,1-3H3. The smallest absolute Gasteiger partial charge is 0.0780 e. The van der Waals surface area contributed by atoms with Gasteiger partial charge in [0, 0.05) is 5.02 Å². The number of hydrogen-bond acceptors (Lipinski definition) is 1. The second kappa shape index (κ2) is 3.40. The average molecular weight is 194 g/mol. The van der Waals surface area contributed by atoms with Gasteiger partial charge in [0.2, 0.25) is 0 Å². The molecule has 1 aromatic carbocycles. The lowest BCUT2D eigenvalue weighted by atomic mass is 9.85. The molecular formula is C11H12ClN. The van der Waals surface area contributed by atoms with E-state index in [9.17, 15) is 0 Å². The van der Waals surface area contributed by atoms with Crippen LogP contribution in [0.2, 0.25) is 5.02 Å². The first-order chi connectivity index (χ1) is 5.99. The maximum absolute atomic E-state index is 8.95. The Bertz CT molecular complexity index is 361. The summed E-state index contributed by atoms with van der Waals surface area (Å²) < 4.78 is 0. The first-order valence-corrected chi connectivity index (χ1v) is 4.53. The molecule has 0 aliphatic carbocycles. The van der Waals surface area contributed by atoms with Gasteiger partial charge in [0.1, 0.15) is 0 Å². The first-order valence-electron chi connectivity index (χ1n) is 4.16. The molecule has 0 saturated carbocycles. The fraction of sp³-hybridized carbons (Fsp3) is 0.364. The van der Waals surface area contributed by atoms with Gasteiger partial charge in [-0.05, 0) is 31.9 Å². The van der Waals surface area contributed by atoms with Gasteiger partial charge in [-0.2, -0.15) is 5.26 Å². The van der Waals surface area contributed by atoms with Gasteiger partial charge in [-0.15, -0.1) is 0 Å². The van der Waals surface area contributed by atoms with Crippen molar-refractivity contribution in [2.45, 2.75) is 26.2 Å². The highest BCUT2D eigenvalue weighted by Crippen LogP contribution is 2.31. The Morgan fingerprint density at radius 2 is 2.00 bits per heavy atom. The maximum atomic E-state index is 8.95. The number of halogens is 1. The van der Waals surface area contributed by atoms with Crippen LogP contribution in [-0.4, -0.2) is 0 Å². The second-order valence-electron chi connectivity index (χ2n) is 3.67. The van der Waals surface area contributed by atoms with Crippen LogP contribution in [-0.2, 0) is 5.41 Å². The first kappa shape index (κ1) is 10.1. The summed E-state index contributed by atoms with van der Waals surface area (Å²) in [6.45, 7) is 5.68. The summed E-state index contributed by atoms with van der Waals surface area (Å²) in [6, 6.07) is 8.01. The summed E-state index contributed by atoms with van der Waals surface area (Å²) in [6.07, 6.45) is 0. The second-order valence-corrected chi connectivity index (χ2v) is 4.05. The number of benzene rings is 1. The number of aryl methyl sites for hydroxylation is 1.